The zero-order valence-electron chi connectivity index (χ0n) is 21.7. The number of Topliss-reactive ketones (excluding diaryl/α,β-unsaturated/α-hetero) is 1. The van der Waals surface area contributed by atoms with Gasteiger partial charge in [-0.15, -0.1) is 24.8 Å². The van der Waals surface area contributed by atoms with E-state index in [9.17, 15) is 19.5 Å². The number of ketones is 1. The Labute approximate surface area is 240 Å². The molecule has 3 aromatic carbocycles. The molecule has 208 valence electrons. The van der Waals surface area contributed by atoms with Gasteiger partial charge in [0.1, 0.15) is 18.5 Å². The Kier molecular flexibility index (Phi) is 10.5. The highest BCUT2D eigenvalue weighted by Crippen LogP contribution is 2.29. The Balaban J connectivity index is 0.00000210. The number of piperazine rings is 1. The fourth-order valence-electron chi connectivity index (χ4n) is 5.05. The number of rotatable bonds is 9. The number of ether oxygens (including phenoxy) is 1. The van der Waals surface area contributed by atoms with Crippen LogP contribution in [0.15, 0.2) is 60.7 Å². The Bertz CT molecular complexity index is 1280. The molecule has 0 spiro atoms. The molecule has 0 aromatic heterocycles. The lowest BCUT2D eigenvalue weighted by Crippen LogP contribution is -2.51. The van der Waals surface area contributed by atoms with Gasteiger partial charge in [-0.1, -0.05) is 24.3 Å². The van der Waals surface area contributed by atoms with Crippen LogP contribution >= 0.6 is 24.8 Å². The molecule has 1 N–H and O–H groups in total. The molecule has 0 aliphatic carbocycles. The number of halogens is 2. The van der Waals surface area contributed by atoms with Gasteiger partial charge in [0, 0.05) is 67.9 Å². The Morgan fingerprint density at radius 3 is 1.97 bits per heavy atom. The van der Waals surface area contributed by atoms with Gasteiger partial charge in [0.2, 0.25) is 0 Å². The molecule has 1 unspecified atom stereocenters. The molecule has 2 aliphatic heterocycles. The van der Waals surface area contributed by atoms with Gasteiger partial charge < -0.3 is 9.84 Å². The number of β-amino-alcohol motifs (C(OH)–C–C–N with tert-alkyl or cyclic N) is 1. The number of hydrogen-bond acceptors (Lipinski definition) is 7. The molecule has 1 saturated heterocycles. The number of carbonyl (C=O) groups is 3. The maximum atomic E-state index is 13.1. The lowest BCUT2D eigenvalue weighted by Gasteiger charge is -2.36. The summed E-state index contributed by atoms with van der Waals surface area (Å²) in [6.07, 6.45) is -0.634. The topological polar surface area (TPSA) is 90.4 Å². The summed E-state index contributed by atoms with van der Waals surface area (Å²) in [7, 11) is 0. The molecule has 2 aliphatic rings. The first-order valence-electron chi connectivity index (χ1n) is 12.7. The fraction of sp³-hybridized carbons (Fsp3) is 0.345. The van der Waals surface area contributed by atoms with E-state index in [2.05, 4.69) is 9.80 Å². The third-order valence-electron chi connectivity index (χ3n) is 7.13. The monoisotopic (exact) mass is 573 g/mol. The normalized spacial score (nSPS) is 16.4. The van der Waals surface area contributed by atoms with Crippen LogP contribution in [0.25, 0.3) is 10.8 Å². The average molecular weight is 575 g/mol. The number of benzene rings is 3. The summed E-state index contributed by atoms with van der Waals surface area (Å²) in [6, 6.07) is 18.1. The van der Waals surface area contributed by atoms with Crippen LogP contribution in [0.5, 0.6) is 5.75 Å². The van der Waals surface area contributed by atoms with Gasteiger partial charge in [-0.2, -0.15) is 0 Å². The Morgan fingerprint density at radius 1 is 0.846 bits per heavy atom. The molecule has 3 aromatic rings. The SMILES string of the molecule is CC(=O)c1ccc(OCC(O)CN2CCN(CCN3C(=O)c4cccc5cccc(c45)C3=O)CC2)cc1.Cl.Cl. The Morgan fingerprint density at radius 2 is 1.41 bits per heavy atom. The quantitative estimate of drug-likeness (QED) is 0.309. The van der Waals surface area contributed by atoms with Gasteiger partial charge in [-0.3, -0.25) is 29.1 Å². The highest BCUT2D eigenvalue weighted by atomic mass is 35.5. The molecule has 39 heavy (non-hydrogen) atoms. The second-order valence-corrected chi connectivity index (χ2v) is 9.66. The molecule has 2 amide bonds. The summed E-state index contributed by atoms with van der Waals surface area (Å²) < 4.78 is 5.67. The molecule has 0 radical (unpaired) electrons. The second kappa shape index (κ2) is 13.4. The molecule has 2 heterocycles. The van der Waals surface area contributed by atoms with E-state index in [0.717, 1.165) is 37.0 Å². The minimum atomic E-state index is -0.634. The van der Waals surface area contributed by atoms with Crippen LogP contribution in [-0.2, 0) is 0 Å². The summed E-state index contributed by atoms with van der Waals surface area (Å²) >= 11 is 0. The van der Waals surface area contributed by atoms with Crippen LogP contribution in [0.3, 0.4) is 0 Å². The minimum absolute atomic E-state index is 0. The smallest absolute Gasteiger partial charge is 0.261 e. The molecular formula is C29H33Cl2N3O5. The summed E-state index contributed by atoms with van der Waals surface area (Å²) in [5.74, 6) is 0.163. The third-order valence-corrected chi connectivity index (χ3v) is 7.13. The molecule has 0 saturated carbocycles. The van der Waals surface area contributed by atoms with Gasteiger partial charge in [0.05, 0.1) is 0 Å². The third kappa shape index (κ3) is 6.77. The summed E-state index contributed by atoms with van der Waals surface area (Å²) in [4.78, 5) is 43.4. The number of imide groups is 1. The number of hydrogen-bond donors (Lipinski definition) is 1. The largest absolute Gasteiger partial charge is 0.491 e. The lowest BCUT2D eigenvalue weighted by atomic mass is 9.94. The molecule has 1 atom stereocenters. The maximum absolute atomic E-state index is 13.1. The highest BCUT2D eigenvalue weighted by molar-refractivity contribution is 6.25. The van der Waals surface area contributed by atoms with Gasteiger partial charge in [0.15, 0.2) is 5.78 Å². The van der Waals surface area contributed by atoms with Gasteiger partial charge in [0.25, 0.3) is 11.8 Å². The van der Waals surface area contributed by atoms with Crippen LogP contribution in [0.2, 0.25) is 0 Å². The average Bonchev–Trinajstić information content (AvgIpc) is 2.91. The van der Waals surface area contributed by atoms with Crippen molar-refractivity contribution < 1.29 is 24.2 Å². The number of aliphatic hydroxyl groups excluding tert-OH is 1. The van der Waals surface area contributed by atoms with E-state index in [-0.39, 0.29) is 49.0 Å². The van der Waals surface area contributed by atoms with Crippen molar-refractivity contribution in [2.24, 2.45) is 0 Å². The van der Waals surface area contributed by atoms with Gasteiger partial charge in [-0.25, -0.2) is 0 Å². The second-order valence-electron chi connectivity index (χ2n) is 9.66. The van der Waals surface area contributed by atoms with Crippen LogP contribution in [-0.4, -0.2) is 95.9 Å². The zero-order chi connectivity index (χ0) is 25.9. The molecule has 8 nitrogen and oxygen atoms in total. The molecule has 5 rings (SSSR count). The number of carbonyl (C=O) groups excluding carboxylic acids is 3. The van der Waals surface area contributed by atoms with E-state index in [0.29, 0.717) is 42.1 Å². The van der Waals surface area contributed by atoms with Gasteiger partial charge in [-0.05, 0) is 48.7 Å². The molecule has 0 bridgehead atoms. The highest BCUT2D eigenvalue weighted by Gasteiger charge is 2.33. The number of nitrogens with zero attached hydrogens (tertiary/aromatic N) is 3. The van der Waals surface area contributed by atoms with E-state index in [1.165, 1.54) is 11.8 Å². The summed E-state index contributed by atoms with van der Waals surface area (Å²) in [6.45, 7) is 6.32. The zero-order valence-corrected chi connectivity index (χ0v) is 23.4. The predicted octanol–water partition coefficient (Wildman–Crippen LogP) is 3.54. The van der Waals surface area contributed by atoms with E-state index in [1.54, 1.807) is 36.4 Å². The van der Waals surface area contributed by atoms with E-state index >= 15 is 0 Å². The predicted molar refractivity (Wildman–Crippen MR) is 155 cm³/mol. The standard InChI is InChI=1S/C29H31N3O5.2ClH/c1-20(33)21-8-10-24(11-9-21)37-19-23(34)18-31-14-12-30(13-15-31)16-17-32-28(35)25-6-2-4-22-5-3-7-26(27(22)25)29(32)36;;/h2-11,23,34H,12-19H2,1H3;2*1H. The van der Waals surface area contributed by atoms with Crippen molar-refractivity contribution in [2.75, 3.05) is 52.4 Å². The van der Waals surface area contributed by atoms with Crippen LogP contribution in [0, 0.1) is 0 Å². The fourth-order valence-corrected chi connectivity index (χ4v) is 5.05. The van der Waals surface area contributed by atoms with Crippen molar-refractivity contribution in [1.29, 1.82) is 0 Å². The van der Waals surface area contributed by atoms with Crippen molar-refractivity contribution in [3.63, 3.8) is 0 Å². The maximum Gasteiger partial charge on any atom is 0.261 e. The van der Waals surface area contributed by atoms with Crippen LogP contribution in [0.1, 0.15) is 38.0 Å². The van der Waals surface area contributed by atoms with Crippen molar-refractivity contribution in [3.8, 4) is 5.75 Å². The molecular weight excluding hydrogens is 541 g/mol. The first-order chi connectivity index (χ1) is 17.9. The lowest BCUT2D eigenvalue weighted by molar-refractivity contribution is 0.0416. The summed E-state index contributed by atoms with van der Waals surface area (Å²) in [5.41, 5.74) is 1.80. The Hall–Kier alpha value is -3.01. The first-order valence-corrected chi connectivity index (χ1v) is 12.7. The number of aliphatic hydroxyl groups is 1. The van der Waals surface area contributed by atoms with E-state index < -0.39 is 6.10 Å². The van der Waals surface area contributed by atoms with Crippen molar-refractivity contribution in [3.05, 3.63) is 77.4 Å². The van der Waals surface area contributed by atoms with Crippen LogP contribution < -0.4 is 4.74 Å². The van der Waals surface area contributed by atoms with Crippen molar-refractivity contribution >= 4 is 53.2 Å². The van der Waals surface area contributed by atoms with Gasteiger partial charge >= 0.3 is 0 Å². The van der Waals surface area contributed by atoms with Crippen LogP contribution in [0.4, 0.5) is 0 Å². The van der Waals surface area contributed by atoms with E-state index in [1.807, 2.05) is 24.3 Å². The minimum Gasteiger partial charge on any atom is -0.491 e. The summed E-state index contributed by atoms with van der Waals surface area (Å²) in [5, 5.41) is 12.1. The number of amides is 2. The van der Waals surface area contributed by atoms with Crippen molar-refractivity contribution in [2.45, 2.75) is 13.0 Å². The molecule has 10 heteroatoms. The molecule has 1 fully saturated rings. The first kappa shape index (κ1) is 30.5. The van der Waals surface area contributed by atoms with Crippen molar-refractivity contribution in [1.82, 2.24) is 14.7 Å². The van der Waals surface area contributed by atoms with E-state index in [4.69, 9.17) is 4.74 Å².